The number of amides is 1. The molecule has 3 nitrogen and oxygen atoms in total. The lowest BCUT2D eigenvalue weighted by atomic mass is 9.83. The van der Waals surface area contributed by atoms with Crippen molar-refractivity contribution in [2.75, 3.05) is 6.54 Å². The quantitative estimate of drug-likeness (QED) is 0.719. The zero-order valence-corrected chi connectivity index (χ0v) is 10.3. The molecular formula is C13H21NO2. The summed E-state index contributed by atoms with van der Waals surface area (Å²) in [6.45, 7) is 4.29. The van der Waals surface area contributed by atoms with Crippen LogP contribution in [-0.2, 0) is 9.59 Å². The third-order valence-corrected chi connectivity index (χ3v) is 4.30. The third kappa shape index (κ3) is 1.87. The van der Waals surface area contributed by atoms with Gasteiger partial charge in [-0.3, -0.25) is 9.59 Å². The molecule has 16 heavy (non-hydrogen) atoms. The minimum atomic E-state index is -0.124. The predicted octanol–water partition coefficient (Wildman–Crippen LogP) is 2.15. The number of carbonyl (C=O) groups excluding carboxylic acids is 2. The van der Waals surface area contributed by atoms with Gasteiger partial charge in [-0.2, -0.15) is 0 Å². The van der Waals surface area contributed by atoms with E-state index in [-0.39, 0.29) is 23.1 Å². The summed E-state index contributed by atoms with van der Waals surface area (Å²) in [6.07, 6.45) is 6.38. The SMILES string of the molecule is CCC(=O)[C@@H]1CC2(CCCC2)CN1C(C)=O. The molecule has 0 aromatic carbocycles. The number of hydrogen-bond acceptors (Lipinski definition) is 2. The zero-order valence-electron chi connectivity index (χ0n) is 10.3. The van der Waals surface area contributed by atoms with Crippen molar-refractivity contribution in [1.82, 2.24) is 4.90 Å². The first-order valence-electron chi connectivity index (χ1n) is 6.38. The fraction of sp³-hybridized carbons (Fsp3) is 0.846. The predicted molar refractivity (Wildman–Crippen MR) is 62.0 cm³/mol. The van der Waals surface area contributed by atoms with Gasteiger partial charge in [0.2, 0.25) is 5.91 Å². The average molecular weight is 223 g/mol. The molecule has 0 bridgehead atoms. The van der Waals surface area contributed by atoms with Crippen molar-refractivity contribution in [2.45, 2.75) is 58.4 Å². The number of Topliss-reactive ketones (excluding diaryl/α,β-unsaturated/α-hetero) is 1. The van der Waals surface area contributed by atoms with Crippen LogP contribution in [0.1, 0.15) is 52.4 Å². The maximum atomic E-state index is 11.9. The van der Waals surface area contributed by atoms with Crippen LogP contribution in [0, 0.1) is 5.41 Å². The Morgan fingerprint density at radius 3 is 2.44 bits per heavy atom. The van der Waals surface area contributed by atoms with Gasteiger partial charge in [-0.15, -0.1) is 0 Å². The van der Waals surface area contributed by atoms with Crippen LogP contribution in [0.4, 0.5) is 0 Å². The van der Waals surface area contributed by atoms with Gasteiger partial charge in [0.25, 0.3) is 0 Å². The van der Waals surface area contributed by atoms with Crippen molar-refractivity contribution >= 4 is 11.7 Å². The maximum Gasteiger partial charge on any atom is 0.220 e. The normalized spacial score (nSPS) is 27.6. The van der Waals surface area contributed by atoms with Crippen molar-refractivity contribution in [3.8, 4) is 0 Å². The molecule has 1 aliphatic carbocycles. The summed E-state index contributed by atoms with van der Waals surface area (Å²) in [5.41, 5.74) is 0.279. The topological polar surface area (TPSA) is 37.4 Å². The van der Waals surface area contributed by atoms with Crippen LogP contribution < -0.4 is 0 Å². The number of hydrogen-bond donors (Lipinski definition) is 0. The summed E-state index contributed by atoms with van der Waals surface area (Å²) in [7, 11) is 0. The van der Waals surface area contributed by atoms with Crippen molar-refractivity contribution in [3.63, 3.8) is 0 Å². The van der Waals surface area contributed by atoms with Crippen molar-refractivity contribution in [3.05, 3.63) is 0 Å². The van der Waals surface area contributed by atoms with E-state index in [4.69, 9.17) is 0 Å². The standard InChI is InChI=1S/C13H21NO2/c1-3-12(16)11-8-13(6-4-5-7-13)9-14(11)10(2)15/h11H,3-9H2,1-2H3/t11-/m0/s1. The van der Waals surface area contributed by atoms with E-state index < -0.39 is 0 Å². The molecule has 2 rings (SSSR count). The Kier molecular flexibility index (Phi) is 3.04. The number of nitrogens with zero attached hydrogens (tertiary/aromatic N) is 1. The molecule has 90 valence electrons. The van der Waals surface area contributed by atoms with Gasteiger partial charge in [0.05, 0.1) is 6.04 Å². The van der Waals surface area contributed by atoms with E-state index in [9.17, 15) is 9.59 Å². The van der Waals surface area contributed by atoms with Crippen molar-refractivity contribution in [1.29, 1.82) is 0 Å². The fourth-order valence-electron chi connectivity index (χ4n) is 3.40. The molecule has 1 heterocycles. The Bertz CT molecular complexity index is 305. The lowest BCUT2D eigenvalue weighted by molar-refractivity contribution is -0.135. The smallest absolute Gasteiger partial charge is 0.220 e. The van der Waals surface area contributed by atoms with E-state index >= 15 is 0 Å². The molecule has 1 atom stereocenters. The van der Waals surface area contributed by atoms with E-state index in [0.29, 0.717) is 6.42 Å². The molecule has 2 aliphatic rings. The Morgan fingerprint density at radius 2 is 1.94 bits per heavy atom. The average Bonchev–Trinajstić information content (AvgIpc) is 2.86. The summed E-state index contributed by atoms with van der Waals surface area (Å²) in [6, 6.07) is -0.124. The molecule has 0 aromatic rings. The van der Waals surface area contributed by atoms with Crippen LogP contribution in [0.25, 0.3) is 0 Å². The van der Waals surface area contributed by atoms with Gasteiger partial charge < -0.3 is 4.90 Å². The van der Waals surface area contributed by atoms with Crippen molar-refractivity contribution < 1.29 is 9.59 Å². The molecule has 0 unspecified atom stereocenters. The summed E-state index contributed by atoms with van der Waals surface area (Å²) in [5.74, 6) is 0.301. The Hall–Kier alpha value is -0.860. The van der Waals surface area contributed by atoms with Crippen LogP contribution in [0.3, 0.4) is 0 Å². The third-order valence-electron chi connectivity index (χ3n) is 4.30. The Balaban J connectivity index is 2.17. The molecule has 1 amide bonds. The van der Waals surface area contributed by atoms with Crippen LogP contribution in [0.2, 0.25) is 0 Å². The van der Waals surface area contributed by atoms with Gasteiger partial charge in [0.1, 0.15) is 0 Å². The lowest BCUT2D eigenvalue weighted by Gasteiger charge is -2.23. The first-order chi connectivity index (χ1) is 7.58. The molecule has 0 aromatic heterocycles. The van der Waals surface area contributed by atoms with E-state index in [1.807, 2.05) is 11.8 Å². The molecule has 1 aliphatic heterocycles. The number of rotatable bonds is 2. The van der Waals surface area contributed by atoms with Crippen LogP contribution in [0.15, 0.2) is 0 Å². The number of ketones is 1. The summed E-state index contributed by atoms with van der Waals surface area (Å²) in [5, 5.41) is 0. The van der Waals surface area contributed by atoms with Gasteiger partial charge in [0, 0.05) is 19.9 Å². The van der Waals surface area contributed by atoms with Gasteiger partial charge in [-0.05, 0) is 24.7 Å². The largest absolute Gasteiger partial charge is 0.332 e. The molecule has 3 heteroatoms. The zero-order chi connectivity index (χ0) is 11.8. The number of carbonyl (C=O) groups is 2. The molecule has 1 saturated carbocycles. The van der Waals surface area contributed by atoms with Gasteiger partial charge >= 0.3 is 0 Å². The highest BCUT2D eigenvalue weighted by Gasteiger charge is 2.48. The maximum absolute atomic E-state index is 11.9. The second-order valence-electron chi connectivity index (χ2n) is 5.39. The lowest BCUT2D eigenvalue weighted by Crippen LogP contribution is -2.39. The monoisotopic (exact) mass is 223 g/mol. The molecule has 0 radical (unpaired) electrons. The minimum absolute atomic E-state index is 0.0653. The minimum Gasteiger partial charge on any atom is -0.332 e. The Labute approximate surface area is 97.2 Å². The van der Waals surface area contributed by atoms with E-state index in [1.165, 1.54) is 25.7 Å². The highest BCUT2D eigenvalue weighted by Crippen LogP contribution is 2.48. The highest BCUT2D eigenvalue weighted by atomic mass is 16.2. The highest BCUT2D eigenvalue weighted by molar-refractivity contribution is 5.89. The molecule has 1 spiro atoms. The van der Waals surface area contributed by atoms with Crippen LogP contribution >= 0.6 is 0 Å². The molecule has 1 saturated heterocycles. The molecule has 0 N–H and O–H groups in total. The van der Waals surface area contributed by atoms with Crippen LogP contribution in [-0.4, -0.2) is 29.2 Å². The molecular weight excluding hydrogens is 202 g/mol. The van der Waals surface area contributed by atoms with E-state index in [1.54, 1.807) is 6.92 Å². The van der Waals surface area contributed by atoms with Gasteiger partial charge in [-0.1, -0.05) is 19.8 Å². The first-order valence-corrected chi connectivity index (χ1v) is 6.38. The van der Waals surface area contributed by atoms with Gasteiger partial charge in [0.15, 0.2) is 5.78 Å². The fourth-order valence-corrected chi connectivity index (χ4v) is 3.40. The van der Waals surface area contributed by atoms with Gasteiger partial charge in [-0.25, -0.2) is 0 Å². The van der Waals surface area contributed by atoms with Crippen LogP contribution in [0.5, 0.6) is 0 Å². The summed E-state index contributed by atoms with van der Waals surface area (Å²) in [4.78, 5) is 25.3. The summed E-state index contributed by atoms with van der Waals surface area (Å²) >= 11 is 0. The van der Waals surface area contributed by atoms with E-state index in [2.05, 4.69) is 0 Å². The molecule has 2 fully saturated rings. The summed E-state index contributed by atoms with van der Waals surface area (Å²) < 4.78 is 0. The van der Waals surface area contributed by atoms with E-state index in [0.717, 1.165) is 13.0 Å². The Morgan fingerprint density at radius 1 is 1.31 bits per heavy atom. The number of likely N-dealkylation sites (tertiary alicyclic amines) is 1. The second-order valence-corrected chi connectivity index (χ2v) is 5.39. The first kappa shape index (κ1) is 11.6. The van der Waals surface area contributed by atoms with Crippen molar-refractivity contribution in [2.24, 2.45) is 5.41 Å². The second kappa shape index (κ2) is 4.19.